The van der Waals surface area contributed by atoms with Crippen molar-refractivity contribution in [2.45, 2.75) is 286 Å². The van der Waals surface area contributed by atoms with Crippen LogP contribution in [-0.2, 0) is 23.7 Å². The van der Waals surface area contributed by atoms with E-state index < -0.39 is 86.8 Å². The molecule has 1 amide bonds. The van der Waals surface area contributed by atoms with E-state index in [1.54, 1.807) is 6.08 Å². The van der Waals surface area contributed by atoms with Crippen LogP contribution in [0.25, 0.3) is 0 Å². The molecule has 0 radical (unpaired) electrons. The van der Waals surface area contributed by atoms with Crippen LogP contribution in [-0.4, -0.2) is 140 Å². The van der Waals surface area contributed by atoms with Crippen molar-refractivity contribution in [3.8, 4) is 0 Å². The number of amides is 1. The number of carbonyl (C=O) groups is 1. The fraction of sp³-hybridized carbons (Fsp3) is 0.716. The molecule has 0 aromatic rings. The Morgan fingerprint density at radius 2 is 0.864 bits per heavy atom. The number of allylic oxidation sites excluding steroid dienone is 17. The van der Waals surface area contributed by atoms with Crippen LogP contribution >= 0.6 is 0 Å². The molecule has 14 nitrogen and oxygen atoms in total. The largest absolute Gasteiger partial charge is 0.394 e. The molecule has 2 aliphatic heterocycles. The Balaban J connectivity index is 1.75. The lowest BCUT2D eigenvalue weighted by Gasteiger charge is -2.46. The number of aliphatic hydroxyl groups is 8. The van der Waals surface area contributed by atoms with E-state index in [0.29, 0.717) is 12.8 Å². The molecule has 0 aliphatic carbocycles. The van der Waals surface area contributed by atoms with Gasteiger partial charge in [-0.05, 0) is 89.9 Å². The second-order valence-electron chi connectivity index (χ2n) is 21.8. The molecule has 2 heterocycles. The number of hydrogen-bond donors (Lipinski definition) is 9. The predicted octanol–water partition coefficient (Wildman–Crippen LogP) is 11.6. The molecule has 464 valence electrons. The molecule has 2 aliphatic rings. The maximum absolute atomic E-state index is 13.3. The molecule has 81 heavy (non-hydrogen) atoms. The fourth-order valence-corrected chi connectivity index (χ4v) is 9.64. The van der Waals surface area contributed by atoms with Crippen LogP contribution in [0.1, 0.15) is 213 Å². The Hall–Kier alpha value is -3.35. The average molecular weight is 1140 g/mol. The summed E-state index contributed by atoms with van der Waals surface area (Å²) in [5.41, 5.74) is 0. The number of rotatable bonds is 49. The van der Waals surface area contributed by atoms with Crippen LogP contribution in [0.5, 0.6) is 0 Å². The van der Waals surface area contributed by atoms with Gasteiger partial charge in [0.15, 0.2) is 12.6 Å². The number of nitrogens with one attached hydrogen (secondary N) is 1. The summed E-state index contributed by atoms with van der Waals surface area (Å²) in [6, 6.07) is -0.946. The lowest BCUT2D eigenvalue weighted by Crippen LogP contribution is -2.65. The van der Waals surface area contributed by atoms with Crippen molar-refractivity contribution in [1.29, 1.82) is 0 Å². The maximum atomic E-state index is 13.3. The van der Waals surface area contributed by atoms with Crippen molar-refractivity contribution in [3.05, 3.63) is 109 Å². The van der Waals surface area contributed by atoms with Gasteiger partial charge in [0.1, 0.15) is 48.8 Å². The first-order chi connectivity index (χ1) is 39.6. The van der Waals surface area contributed by atoms with Crippen LogP contribution in [0.15, 0.2) is 109 Å². The highest BCUT2D eigenvalue weighted by Gasteiger charge is 2.51. The van der Waals surface area contributed by atoms with Gasteiger partial charge >= 0.3 is 0 Å². The first-order valence-corrected chi connectivity index (χ1v) is 31.6. The molecule has 0 aromatic carbocycles. The van der Waals surface area contributed by atoms with Crippen LogP contribution < -0.4 is 5.32 Å². The third kappa shape index (κ3) is 36.2. The third-order valence-electron chi connectivity index (χ3n) is 14.7. The van der Waals surface area contributed by atoms with E-state index in [2.05, 4.69) is 116 Å². The van der Waals surface area contributed by atoms with Crippen molar-refractivity contribution >= 4 is 5.91 Å². The van der Waals surface area contributed by atoms with Gasteiger partial charge in [0.2, 0.25) is 5.91 Å². The Labute approximate surface area is 489 Å². The molecular formula is C67H113NO13. The predicted molar refractivity (Wildman–Crippen MR) is 327 cm³/mol. The van der Waals surface area contributed by atoms with Gasteiger partial charge in [0.05, 0.1) is 32.0 Å². The minimum atomic E-state index is -1.80. The Morgan fingerprint density at radius 3 is 1.36 bits per heavy atom. The summed E-state index contributed by atoms with van der Waals surface area (Å²) >= 11 is 0. The molecule has 0 saturated carbocycles. The summed E-state index contributed by atoms with van der Waals surface area (Å²) in [5, 5.41) is 87.2. The number of aliphatic hydroxyl groups excluding tert-OH is 8. The van der Waals surface area contributed by atoms with E-state index in [-0.39, 0.29) is 18.9 Å². The minimum absolute atomic E-state index is 0.253. The SMILES string of the molecule is CC/C=C\C/C=C\C/C=C\C/C=C\C/C=C\C/C=C\C/C=C\CCCCCCCCCC(=O)NC(COC1OC(CO)C(OC2OC(CO)C(O)C(O)C2O)C(O)C1O)C(O)/C=C/CC/C=C/CCCCCCCCCCCCCC. The third-order valence-corrected chi connectivity index (χ3v) is 14.7. The van der Waals surface area contributed by atoms with Crippen molar-refractivity contribution in [2.24, 2.45) is 0 Å². The number of hydrogen-bond acceptors (Lipinski definition) is 13. The first-order valence-electron chi connectivity index (χ1n) is 31.6. The van der Waals surface area contributed by atoms with E-state index in [9.17, 15) is 45.6 Å². The topological polar surface area (TPSA) is 228 Å². The first kappa shape index (κ1) is 73.8. The number of unbranched alkanes of at least 4 members (excludes halogenated alkanes) is 20. The van der Waals surface area contributed by atoms with Gasteiger partial charge in [-0.25, -0.2) is 0 Å². The molecule has 12 atom stereocenters. The van der Waals surface area contributed by atoms with Crippen molar-refractivity contribution in [1.82, 2.24) is 5.32 Å². The average Bonchev–Trinajstić information content (AvgIpc) is 3.47. The summed E-state index contributed by atoms with van der Waals surface area (Å²) in [6.45, 7) is 2.65. The second-order valence-corrected chi connectivity index (χ2v) is 21.8. The van der Waals surface area contributed by atoms with Gasteiger partial charge in [-0.3, -0.25) is 4.79 Å². The summed E-state index contributed by atoms with van der Waals surface area (Å²) in [7, 11) is 0. The second kappa shape index (κ2) is 51.1. The van der Waals surface area contributed by atoms with Crippen LogP contribution in [0, 0.1) is 0 Å². The van der Waals surface area contributed by atoms with Crippen LogP contribution in [0.4, 0.5) is 0 Å². The Morgan fingerprint density at radius 1 is 0.457 bits per heavy atom. The smallest absolute Gasteiger partial charge is 0.220 e. The van der Waals surface area contributed by atoms with E-state index in [4.69, 9.17) is 18.9 Å². The van der Waals surface area contributed by atoms with E-state index in [0.717, 1.165) is 103 Å². The molecule has 0 spiro atoms. The van der Waals surface area contributed by atoms with E-state index in [1.165, 1.54) is 77.0 Å². The van der Waals surface area contributed by atoms with E-state index >= 15 is 0 Å². The zero-order valence-corrected chi connectivity index (χ0v) is 50.0. The highest BCUT2D eigenvalue weighted by molar-refractivity contribution is 5.76. The van der Waals surface area contributed by atoms with Gasteiger partial charge in [-0.15, -0.1) is 0 Å². The summed E-state index contributed by atoms with van der Waals surface area (Å²) in [4.78, 5) is 13.3. The molecule has 14 heteroatoms. The van der Waals surface area contributed by atoms with E-state index in [1.807, 2.05) is 6.08 Å². The molecule has 2 fully saturated rings. The lowest BCUT2D eigenvalue weighted by molar-refractivity contribution is -0.359. The molecule has 2 saturated heterocycles. The molecule has 12 unspecified atom stereocenters. The van der Waals surface area contributed by atoms with Crippen molar-refractivity contribution in [3.63, 3.8) is 0 Å². The fourth-order valence-electron chi connectivity index (χ4n) is 9.64. The van der Waals surface area contributed by atoms with Gasteiger partial charge in [0, 0.05) is 6.42 Å². The molecule has 2 rings (SSSR count). The van der Waals surface area contributed by atoms with Crippen LogP contribution in [0.3, 0.4) is 0 Å². The molecule has 0 bridgehead atoms. The quantitative estimate of drug-likeness (QED) is 0.0204. The van der Waals surface area contributed by atoms with Crippen LogP contribution in [0.2, 0.25) is 0 Å². The maximum Gasteiger partial charge on any atom is 0.220 e. The zero-order chi connectivity index (χ0) is 58.8. The number of ether oxygens (including phenoxy) is 4. The number of carbonyl (C=O) groups excluding carboxylic acids is 1. The standard InChI is InChI=1S/C67H113NO13/c1-3-5-7-9-11-13-15-17-19-21-23-24-25-26-27-28-29-30-31-32-33-35-37-39-41-43-45-47-49-51-59(72)68-55(56(71)50-48-46-44-42-40-38-36-34-22-20-18-16-14-12-10-8-6-4-2)54-78-66-64(77)62(75)65(58(53-70)80-66)81-67-63(76)61(74)60(73)57(52-69)79-67/h5,7,11,13,17,19,23-24,26-27,29-30,32-33,40,42,48,50,55-58,60-67,69-71,73-77H,3-4,6,8-10,12,14-16,18,20-22,25,28,31,34-39,41,43-47,49,51-54H2,1-2H3,(H,68,72)/b7-5-,13-11-,19-17-,24-23-,27-26-,30-29-,33-32-,42-40+,50-48+. The Bertz CT molecular complexity index is 1770. The van der Waals surface area contributed by atoms with Gasteiger partial charge in [-0.1, -0.05) is 226 Å². The summed E-state index contributed by atoms with van der Waals surface area (Å²) in [6.07, 6.45) is 55.5. The van der Waals surface area contributed by atoms with Crippen molar-refractivity contribution < 1.29 is 64.6 Å². The lowest BCUT2D eigenvalue weighted by atomic mass is 9.97. The Kier molecular flexibility index (Phi) is 46.5. The highest BCUT2D eigenvalue weighted by Crippen LogP contribution is 2.30. The zero-order valence-electron chi connectivity index (χ0n) is 50.0. The molecular weight excluding hydrogens is 1030 g/mol. The van der Waals surface area contributed by atoms with Gasteiger partial charge in [0.25, 0.3) is 0 Å². The summed E-state index contributed by atoms with van der Waals surface area (Å²) in [5.74, 6) is -0.265. The van der Waals surface area contributed by atoms with Gasteiger partial charge < -0.3 is 65.1 Å². The van der Waals surface area contributed by atoms with Gasteiger partial charge in [-0.2, -0.15) is 0 Å². The molecule has 9 N–H and O–H groups in total. The highest BCUT2D eigenvalue weighted by atomic mass is 16.7. The minimum Gasteiger partial charge on any atom is -0.394 e. The van der Waals surface area contributed by atoms with Crippen molar-refractivity contribution in [2.75, 3.05) is 19.8 Å². The normalized spacial score (nSPS) is 24.9. The molecule has 0 aromatic heterocycles. The monoisotopic (exact) mass is 1140 g/mol. The summed E-state index contributed by atoms with van der Waals surface area (Å²) < 4.78 is 22.8.